The van der Waals surface area contributed by atoms with Crippen molar-refractivity contribution < 1.29 is 32.9 Å². The van der Waals surface area contributed by atoms with E-state index in [-0.39, 0.29) is 5.69 Å². The van der Waals surface area contributed by atoms with E-state index < -0.39 is 34.8 Å². The summed E-state index contributed by atoms with van der Waals surface area (Å²) in [6, 6.07) is 2.06. The molecule has 18 heavy (non-hydrogen) atoms. The normalized spacial score (nSPS) is 13.2. The molecule has 0 fully saturated rings. The highest BCUT2D eigenvalue weighted by molar-refractivity contribution is 6.32. The van der Waals surface area contributed by atoms with Gasteiger partial charge in [0.15, 0.2) is 11.9 Å². The van der Waals surface area contributed by atoms with Crippen molar-refractivity contribution in [1.29, 1.82) is 0 Å². The molecule has 5 nitrogen and oxygen atoms in total. The number of aliphatic hydroxyl groups is 1. The molecule has 1 atom stereocenters. The lowest BCUT2D eigenvalue weighted by molar-refractivity contribution is -0.275. The quantitative estimate of drug-likeness (QED) is 0.738. The van der Waals surface area contributed by atoms with Crippen molar-refractivity contribution in [2.45, 2.75) is 12.5 Å². The molecule has 9 heteroatoms. The van der Waals surface area contributed by atoms with Crippen molar-refractivity contribution in [2.24, 2.45) is 0 Å². The molecule has 0 aliphatic rings. The number of carboxylic acid groups (broad SMARTS) is 1. The van der Waals surface area contributed by atoms with Gasteiger partial charge in [-0.05, 0) is 12.1 Å². The van der Waals surface area contributed by atoms with E-state index >= 15 is 0 Å². The molecule has 1 aromatic rings. The van der Waals surface area contributed by atoms with Gasteiger partial charge in [0.25, 0.3) is 0 Å². The Morgan fingerprint density at radius 3 is 2.44 bits per heavy atom. The summed E-state index contributed by atoms with van der Waals surface area (Å²) in [5, 5.41) is 17.4. The van der Waals surface area contributed by atoms with Crippen molar-refractivity contribution in [3.63, 3.8) is 0 Å². The summed E-state index contributed by atoms with van der Waals surface area (Å²) in [7, 11) is 0. The largest absolute Gasteiger partial charge is 0.573 e. The molecule has 0 aromatic heterocycles. The van der Waals surface area contributed by atoms with Crippen LogP contribution in [0.2, 0.25) is 5.02 Å². The maximum Gasteiger partial charge on any atom is 0.573 e. The fourth-order valence-corrected chi connectivity index (χ4v) is 1.42. The highest BCUT2D eigenvalue weighted by Crippen LogP contribution is 2.40. The molecule has 4 N–H and O–H groups in total. The Hall–Kier alpha value is -1.67. The molecule has 0 aliphatic heterocycles. The number of alkyl halides is 3. The molecule has 1 rings (SSSR count). The number of hydrogen-bond acceptors (Lipinski definition) is 4. The van der Waals surface area contributed by atoms with Crippen LogP contribution in [-0.4, -0.2) is 22.5 Å². The number of hydrogen-bond donors (Lipinski definition) is 3. The first-order valence-electron chi connectivity index (χ1n) is 4.38. The Bertz CT molecular complexity index is 478. The van der Waals surface area contributed by atoms with Crippen molar-refractivity contribution >= 4 is 23.3 Å². The summed E-state index contributed by atoms with van der Waals surface area (Å²) < 4.78 is 40.0. The molecule has 1 aromatic carbocycles. The van der Waals surface area contributed by atoms with E-state index in [4.69, 9.17) is 22.4 Å². The Morgan fingerprint density at radius 1 is 1.44 bits per heavy atom. The fourth-order valence-electron chi connectivity index (χ4n) is 1.21. The Balaban J connectivity index is 3.38. The summed E-state index contributed by atoms with van der Waals surface area (Å²) in [6.07, 6.45) is -7.37. The minimum absolute atomic E-state index is 0.381. The van der Waals surface area contributed by atoms with Crippen LogP contribution >= 0.6 is 11.6 Å². The van der Waals surface area contributed by atoms with Crippen LogP contribution in [0.25, 0.3) is 0 Å². The molecule has 1 unspecified atom stereocenters. The SMILES string of the molecule is Nc1ccc(Cl)c(OC(F)(F)F)c1C(O)C(=O)O. The van der Waals surface area contributed by atoms with Crippen LogP contribution in [0.4, 0.5) is 18.9 Å². The number of nitrogen functional groups attached to an aromatic ring is 1. The van der Waals surface area contributed by atoms with Gasteiger partial charge >= 0.3 is 12.3 Å². The summed E-state index contributed by atoms with van der Waals surface area (Å²) in [4.78, 5) is 10.6. The molecule has 0 bridgehead atoms. The van der Waals surface area contributed by atoms with E-state index in [2.05, 4.69) is 4.74 Å². The number of carboxylic acids is 1. The van der Waals surface area contributed by atoms with Crippen LogP contribution in [0.15, 0.2) is 12.1 Å². The number of ether oxygens (including phenoxy) is 1. The molecule has 0 spiro atoms. The van der Waals surface area contributed by atoms with Crippen LogP contribution < -0.4 is 10.5 Å². The van der Waals surface area contributed by atoms with Gasteiger partial charge < -0.3 is 20.7 Å². The van der Waals surface area contributed by atoms with Gasteiger partial charge in [-0.2, -0.15) is 0 Å². The zero-order valence-electron chi connectivity index (χ0n) is 8.53. The average molecular weight is 286 g/mol. The van der Waals surface area contributed by atoms with Gasteiger partial charge in [0.05, 0.1) is 10.6 Å². The standard InChI is InChI=1S/C9H7ClF3NO4/c10-3-1-2-4(14)5(6(15)8(16)17)7(3)18-9(11,12)13/h1-2,6,15H,14H2,(H,16,17). The lowest BCUT2D eigenvalue weighted by Gasteiger charge is -2.18. The zero-order valence-corrected chi connectivity index (χ0v) is 9.29. The fraction of sp³-hybridized carbons (Fsp3) is 0.222. The lowest BCUT2D eigenvalue weighted by Crippen LogP contribution is -2.21. The molecule has 0 amide bonds. The second-order valence-electron chi connectivity index (χ2n) is 3.17. The van der Waals surface area contributed by atoms with E-state index in [0.717, 1.165) is 12.1 Å². The van der Waals surface area contributed by atoms with Crippen molar-refractivity contribution in [1.82, 2.24) is 0 Å². The van der Waals surface area contributed by atoms with Gasteiger partial charge in [0.2, 0.25) is 0 Å². The molecule has 0 aliphatic carbocycles. The number of aliphatic hydroxyl groups excluding tert-OH is 1. The third-order valence-corrected chi connectivity index (χ3v) is 2.20. The van der Waals surface area contributed by atoms with Gasteiger partial charge in [-0.3, -0.25) is 0 Å². The van der Waals surface area contributed by atoms with Crippen molar-refractivity contribution in [3.05, 3.63) is 22.7 Å². The third-order valence-electron chi connectivity index (χ3n) is 1.91. The number of carbonyl (C=O) groups is 1. The topological polar surface area (TPSA) is 92.8 Å². The van der Waals surface area contributed by atoms with E-state index in [1.807, 2.05) is 0 Å². The number of aliphatic carboxylic acids is 1. The number of benzene rings is 1. The van der Waals surface area contributed by atoms with E-state index in [0.29, 0.717) is 0 Å². The molecule has 0 heterocycles. The predicted molar refractivity (Wildman–Crippen MR) is 55.1 cm³/mol. The van der Waals surface area contributed by atoms with Gasteiger partial charge in [0, 0.05) is 5.69 Å². The van der Waals surface area contributed by atoms with Gasteiger partial charge in [-0.15, -0.1) is 13.2 Å². The maximum atomic E-state index is 12.1. The molecule has 0 radical (unpaired) electrons. The molecule has 0 saturated carbocycles. The number of rotatable bonds is 3. The van der Waals surface area contributed by atoms with Crippen molar-refractivity contribution in [2.75, 3.05) is 5.73 Å². The Morgan fingerprint density at radius 2 is 2.00 bits per heavy atom. The first-order valence-corrected chi connectivity index (χ1v) is 4.75. The summed E-state index contributed by atoms with van der Waals surface area (Å²) in [5.74, 6) is -2.81. The second-order valence-corrected chi connectivity index (χ2v) is 3.58. The number of anilines is 1. The van der Waals surface area contributed by atoms with Gasteiger partial charge in [-0.25, -0.2) is 4.79 Å². The zero-order chi connectivity index (χ0) is 14.1. The van der Waals surface area contributed by atoms with Crippen LogP contribution in [0.1, 0.15) is 11.7 Å². The number of halogens is 4. The third kappa shape index (κ3) is 3.17. The lowest BCUT2D eigenvalue weighted by atomic mass is 10.1. The minimum atomic E-state index is -5.09. The monoisotopic (exact) mass is 285 g/mol. The van der Waals surface area contributed by atoms with Crippen molar-refractivity contribution in [3.8, 4) is 5.75 Å². The summed E-state index contributed by atoms with van der Waals surface area (Å²) in [5.41, 5.74) is 4.19. The van der Waals surface area contributed by atoms with E-state index in [1.54, 1.807) is 0 Å². The highest BCUT2D eigenvalue weighted by atomic mass is 35.5. The first kappa shape index (κ1) is 14.4. The van der Waals surface area contributed by atoms with Gasteiger partial charge in [0.1, 0.15) is 0 Å². The second kappa shape index (κ2) is 4.91. The highest BCUT2D eigenvalue weighted by Gasteiger charge is 2.36. The summed E-state index contributed by atoms with van der Waals surface area (Å²) in [6.45, 7) is 0. The van der Waals surface area contributed by atoms with E-state index in [9.17, 15) is 23.1 Å². The van der Waals surface area contributed by atoms with Crippen LogP contribution in [0.3, 0.4) is 0 Å². The van der Waals surface area contributed by atoms with Gasteiger partial charge in [-0.1, -0.05) is 11.6 Å². The van der Waals surface area contributed by atoms with Crippen LogP contribution in [0.5, 0.6) is 5.75 Å². The van der Waals surface area contributed by atoms with Crippen LogP contribution in [-0.2, 0) is 4.79 Å². The summed E-state index contributed by atoms with van der Waals surface area (Å²) >= 11 is 5.47. The molecule has 0 saturated heterocycles. The molecule has 100 valence electrons. The Kier molecular flexibility index (Phi) is 3.92. The Labute approximate surface area is 104 Å². The molecular formula is C9H7ClF3NO4. The average Bonchev–Trinajstić information content (AvgIpc) is 2.21. The van der Waals surface area contributed by atoms with Crippen LogP contribution in [0, 0.1) is 0 Å². The minimum Gasteiger partial charge on any atom is -0.479 e. The van der Waals surface area contributed by atoms with E-state index in [1.165, 1.54) is 0 Å². The predicted octanol–water partition coefficient (Wildman–Crippen LogP) is 1.94. The smallest absolute Gasteiger partial charge is 0.479 e. The maximum absolute atomic E-state index is 12.1. The molecular weight excluding hydrogens is 279 g/mol. The first-order chi connectivity index (χ1) is 8.13. The number of nitrogens with two attached hydrogens (primary N) is 1.